The number of aromatic nitrogens is 15. The quantitative estimate of drug-likeness (QED) is 0.113. The van der Waals surface area contributed by atoms with E-state index in [1.165, 1.54) is 16.7 Å². The maximum atomic E-state index is 11.7. The number of fused-ring (bicyclic) bond motifs is 8. The number of piperidine rings is 3. The molecular formula is C85H82N18O3. The van der Waals surface area contributed by atoms with Gasteiger partial charge in [-0.3, -0.25) is 23.6 Å². The molecule has 106 heavy (non-hydrogen) atoms. The fourth-order valence-corrected chi connectivity index (χ4v) is 17.7. The van der Waals surface area contributed by atoms with Crippen molar-refractivity contribution in [1.82, 2.24) is 73.6 Å². The summed E-state index contributed by atoms with van der Waals surface area (Å²) in [6.07, 6.45) is 13.7. The zero-order valence-electron chi connectivity index (χ0n) is 61.0. The number of pyridine rings is 3. The van der Waals surface area contributed by atoms with E-state index in [1.54, 1.807) is 13.8 Å². The number of rotatable bonds is 12. The Balaban J connectivity index is 0.000000113. The molecule has 1 N–H and O–H groups in total. The number of carbonyl (C=O) groups excluding carboxylic acids is 2. The molecule has 0 spiro atoms. The van der Waals surface area contributed by atoms with Gasteiger partial charge in [0.15, 0.2) is 0 Å². The Morgan fingerprint density at radius 3 is 1.17 bits per heavy atom. The van der Waals surface area contributed by atoms with Crippen LogP contribution >= 0.6 is 0 Å². The van der Waals surface area contributed by atoms with Gasteiger partial charge in [0.1, 0.15) is 46.1 Å². The number of aliphatic hydroxyl groups is 1. The molecular weight excluding hydrogens is 1320 g/mol. The third kappa shape index (κ3) is 11.4. The van der Waals surface area contributed by atoms with Crippen LogP contribution in [0.3, 0.4) is 0 Å². The van der Waals surface area contributed by atoms with E-state index in [2.05, 4.69) is 186 Å². The smallest absolute Gasteiger partial charge is 0.133 e. The van der Waals surface area contributed by atoms with E-state index in [0.717, 1.165) is 191 Å². The predicted molar refractivity (Wildman–Crippen MR) is 418 cm³/mol. The highest BCUT2D eigenvalue weighted by molar-refractivity contribution is 6.06. The molecule has 9 aromatic heterocycles. The molecule has 15 aromatic rings. The van der Waals surface area contributed by atoms with Crippen molar-refractivity contribution in [1.29, 1.82) is 0 Å². The summed E-state index contributed by atoms with van der Waals surface area (Å²) in [5, 5.41) is 45.5. The third-order valence-electron chi connectivity index (χ3n) is 22.9. The second-order valence-electron chi connectivity index (χ2n) is 29.9. The van der Waals surface area contributed by atoms with Crippen LogP contribution in [0.15, 0.2) is 189 Å². The largest absolute Gasteiger partial charge is 0.513 e. The summed E-state index contributed by atoms with van der Waals surface area (Å²) in [6.45, 7) is 21.1. The Labute approximate surface area is 612 Å². The van der Waals surface area contributed by atoms with Gasteiger partial charge < -0.3 is 19.8 Å². The van der Waals surface area contributed by atoms with Crippen molar-refractivity contribution >= 4 is 94.4 Å². The van der Waals surface area contributed by atoms with E-state index in [0.29, 0.717) is 41.0 Å². The highest BCUT2D eigenvalue weighted by Gasteiger charge is 2.59. The molecule has 5 fully saturated rings. The third-order valence-corrected chi connectivity index (χ3v) is 22.9. The predicted octanol–water partition coefficient (Wildman–Crippen LogP) is 15.0. The second-order valence-corrected chi connectivity index (χ2v) is 29.9. The average Bonchev–Trinajstić information content (AvgIpc) is 1.59. The van der Waals surface area contributed by atoms with E-state index in [1.807, 2.05) is 104 Å². The Bertz CT molecular complexity index is 5780. The van der Waals surface area contributed by atoms with Crippen LogP contribution in [0.2, 0.25) is 0 Å². The first-order valence-electron chi connectivity index (χ1n) is 36.7. The summed E-state index contributed by atoms with van der Waals surface area (Å²) in [6, 6.07) is 48.2. The van der Waals surface area contributed by atoms with Crippen molar-refractivity contribution in [2.24, 2.45) is 62.6 Å². The number of Topliss-reactive ketones (excluding diaryl/α,β-unsaturated/α-hetero) is 2. The summed E-state index contributed by atoms with van der Waals surface area (Å²) >= 11 is 0. The summed E-state index contributed by atoms with van der Waals surface area (Å²) in [5.41, 5.74) is 19.7. The fourth-order valence-electron chi connectivity index (χ4n) is 17.7. The minimum atomic E-state index is 0.187. The number of hydrogen-bond donors (Lipinski definition) is 1. The van der Waals surface area contributed by atoms with Crippen LogP contribution in [0.25, 0.3) is 116 Å². The lowest BCUT2D eigenvalue weighted by molar-refractivity contribution is -0.121. The SMILES string of the molecule is C=C(O)C1C2CN(c3ccc(-n4nc(-c5cccc6nn(C)cc56)c5cc(C)cc(C)c54)cn3)CC21.CC(=O)C1C2CN(c3ccc(-n4nc(-c5cccc6nn(C)cc56)c5cccc(C)c54)cn3)CC21.CC(=O)C1CCN(c2ccc(-n3nc(-c4cccc5nn(C)cc45)c4cccc(C)c43)cn2)CC1. The van der Waals surface area contributed by atoms with Crippen LogP contribution in [0.1, 0.15) is 48.9 Å². The van der Waals surface area contributed by atoms with Crippen molar-refractivity contribution < 1.29 is 14.7 Å². The first kappa shape index (κ1) is 65.9. The van der Waals surface area contributed by atoms with Crippen molar-refractivity contribution in [3.8, 4) is 50.8 Å². The lowest BCUT2D eigenvalue weighted by atomic mass is 9.93. The summed E-state index contributed by atoms with van der Waals surface area (Å²) in [5.74, 6) is 6.59. The molecule has 2 saturated carbocycles. The number of aliphatic hydroxyl groups excluding tert-OH is 1. The first-order valence-corrected chi connectivity index (χ1v) is 36.7. The van der Waals surface area contributed by atoms with Gasteiger partial charge in [-0.1, -0.05) is 91.0 Å². The van der Waals surface area contributed by atoms with Crippen LogP contribution in [0.4, 0.5) is 17.5 Å². The van der Waals surface area contributed by atoms with E-state index in [4.69, 9.17) is 30.2 Å². The number of anilines is 3. The van der Waals surface area contributed by atoms with Gasteiger partial charge in [-0.25, -0.2) is 29.0 Å². The van der Waals surface area contributed by atoms with Crippen molar-refractivity contribution in [2.45, 2.75) is 54.4 Å². The molecule has 2 aliphatic carbocycles. The van der Waals surface area contributed by atoms with Gasteiger partial charge >= 0.3 is 0 Å². The molecule has 21 heteroatoms. The molecule has 0 bridgehead atoms. The molecule has 12 heterocycles. The molecule has 530 valence electrons. The zero-order chi connectivity index (χ0) is 72.7. The monoisotopic (exact) mass is 1400 g/mol. The topological polar surface area (TPSA) is 210 Å². The fraction of sp³-hybridized carbons (Fsp3) is 0.282. The van der Waals surface area contributed by atoms with Gasteiger partial charge in [0, 0.05) is 146 Å². The number of para-hydroxylation sites is 2. The number of benzene rings is 6. The molecule has 0 radical (unpaired) electrons. The first-order chi connectivity index (χ1) is 51.4. The van der Waals surface area contributed by atoms with Crippen molar-refractivity contribution in [2.75, 3.05) is 54.0 Å². The number of hydrogen-bond acceptors (Lipinski definition) is 15. The van der Waals surface area contributed by atoms with Gasteiger partial charge in [0.25, 0.3) is 0 Å². The summed E-state index contributed by atoms with van der Waals surface area (Å²) in [7, 11) is 5.84. The molecule has 3 aliphatic heterocycles. The molecule has 4 unspecified atom stereocenters. The van der Waals surface area contributed by atoms with Crippen LogP contribution < -0.4 is 14.7 Å². The maximum absolute atomic E-state index is 11.7. The average molecular weight is 1400 g/mol. The molecule has 0 amide bonds. The van der Waals surface area contributed by atoms with Crippen molar-refractivity contribution in [3.63, 3.8) is 0 Å². The number of allylic oxidation sites excluding steroid dienone is 1. The molecule has 21 nitrogen and oxygen atoms in total. The van der Waals surface area contributed by atoms with Gasteiger partial charge in [-0.2, -0.15) is 30.6 Å². The van der Waals surface area contributed by atoms with Gasteiger partial charge in [0.2, 0.25) is 0 Å². The molecule has 5 aliphatic rings. The van der Waals surface area contributed by atoms with Crippen LogP contribution in [-0.2, 0) is 30.7 Å². The Morgan fingerprint density at radius 2 is 0.792 bits per heavy atom. The van der Waals surface area contributed by atoms with Gasteiger partial charge in [0.05, 0.1) is 74.5 Å². The van der Waals surface area contributed by atoms with Crippen LogP contribution in [0, 0.1) is 69.1 Å². The zero-order valence-corrected chi connectivity index (χ0v) is 61.0. The highest BCUT2D eigenvalue weighted by Crippen LogP contribution is 2.55. The van der Waals surface area contributed by atoms with Gasteiger partial charge in [-0.15, -0.1) is 0 Å². The normalized spacial score (nSPS) is 18.9. The van der Waals surface area contributed by atoms with E-state index in [9.17, 15) is 14.7 Å². The van der Waals surface area contributed by atoms with Crippen LogP contribution in [-0.4, -0.2) is 130 Å². The second kappa shape index (κ2) is 25.6. The molecule has 20 rings (SSSR count). The lowest BCUT2D eigenvalue weighted by Crippen LogP contribution is -2.36. The lowest BCUT2D eigenvalue weighted by Gasteiger charge is -2.31. The Hall–Kier alpha value is -12.1. The number of carbonyl (C=O) groups is 2. The number of nitrogens with zero attached hydrogens (tertiary/aromatic N) is 18. The Morgan fingerprint density at radius 1 is 0.415 bits per heavy atom. The number of aryl methyl sites for hydroxylation is 7. The summed E-state index contributed by atoms with van der Waals surface area (Å²) < 4.78 is 11.6. The molecule has 3 saturated heterocycles. The molecule has 4 atom stereocenters. The Kier molecular flexibility index (Phi) is 15.9. The highest BCUT2D eigenvalue weighted by atomic mass is 16.3. The van der Waals surface area contributed by atoms with E-state index >= 15 is 0 Å². The van der Waals surface area contributed by atoms with Gasteiger partial charge in [-0.05, 0) is 155 Å². The molecule has 6 aromatic carbocycles. The maximum Gasteiger partial charge on any atom is 0.133 e. The standard InChI is InChI=1S/C29H28N6O.C28H26N6O.C28H28N6O/c1-16-10-17(2)29-21(11-16)28(20-6-5-7-25-22(20)13-33(4)31-25)32-35(29)19-8-9-26(30-12-19)34-14-23-24(15-34)27(23)18(3)36;1-16-6-4-8-20-27(19-7-5-9-24-21(19)13-32(3)30-24)31-34(28(16)20)18-10-11-25(29-12-18)33-14-22-23(15-33)26(22)17(2)35;1-18-6-4-8-23-27(22-7-5-9-25-24(22)17-32(3)30-25)31-34(28(18)23)21-10-11-26(29-16-21)33-14-12-20(13-15-33)19(2)35/h5-13,23-24,27,36H,3,14-15H2,1-2,4H3;4-13,22-23,26H,14-15H2,1-3H3;4-11,16-17,20H,12-15H2,1-3H3. The van der Waals surface area contributed by atoms with Crippen molar-refractivity contribution in [3.05, 3.63) is 211 Å². The number of ketones is 2. The summed E-state index contributed by atoms with van der Waals surface area (Å²) in [4.78, 5) is 44.7. The van der Waals surface area contributed by atoms with Crippen LogP contribution in [0.5, 0.6) is 0 Å². The van der Waals surface area contributed by atoms with E-state index in [-0.39, 0.29) is 17.8 Å². The van der Waals surface area contributed by atoms with E-state index < -0.39 is 0 Å². The minimum Gasteiger partial charge on any atom is -0.513 e. The minimum absolute atomic E-state index is 0.187.